The molecular weight excluding hydrogens is 304 g/mol. The van der Waals surface area contributed by atoms with Crippen LogP contribution in [0.4, 0.5) is 0 Å². The van der Waals surface area contributed by atoms with Crippen molar-refractivity contribution in [1.29, 1.82) is 0 Å². The average molecular weight is 319 g/mol. The highest BCUT2D eigenvalue weighted by Gasteiger charge is 2.09. The first-order valence-electron chi connectivity index (χ1n) is 5.88. The van der Waals surface area contributed by atoms with Gasteiger partial charge in [0.2, 0.25) is 0 Å². The zero-order chi connectivity index (χ0) is 12.5. The minimum atomic E-state index is 0. The molecule has 4 heteroatoms. The Bertz CT molecular complexity index is 689. The van der Waals surface area contributed by atoms with Crippen molar-refractivity contribution in [3.05, 3.63) is 54.4 Å². The largest absolute Gasteiger partial charge is 0.497 e. The fourth-order valence-electron chi connectivity index (χ4n) is 2.14. The van der Waals surface area contributed by atoms with Crippen molar-refractivity contribution in [2.45, 2.75) is 6.92 Å². The molecule has 19 heavy (non-hydrogen) atoms. The second kappa shape index (κ2) is 5.45. The lowest BCUT2D eigenvalue weighted by Gasteiger charge is -2.02. The monoisotopic (exact) mass is 318 g/mol. The Morgan fingerprint density at radius 1 is 1.05 bits per heavy atom. The SMILES string of the molecule is Br.COc1ccc(-c2nc3ccccn3c2C)cc1. The van der Waals surface area contributed by atoms with Crippen LogP contribution in [0.1, 0.15) is 5.69 Å². The predicted molar refractivity (Wildman–Crippen MR) is 82.2 cm³/mol. The molecule has 0 aliphatic heterocycles. The molecule has 98 valence electrons. The Balaban J connectivity index is 0.00000133. The van der Waals surface area contributed by atoms with E-state index in [2.05, 4.69) is 16.3 Å². The molecule has 3 nitrogen and oxygen atoms in total. The number of nitrogens with zero attached hydrogens (tertiary/aromatic N) is 2. The fraction of sp³-hybridized carbons (Fsp3) is 0.133. The van der Waals surface area contributed by atoms with Gasteiger partial charge in [-0.25, -0.2) is 4.98 Å². The van der Waals surface area contributed by atoms with Crippen LogP contribution in [0.2, 0.25) is 0 Å². The van der Waals surface area contributed by atoms with Gasteiger partial charge in [0.05, 0.1) is 12.8 Å². The Kier molecular flexibility index (Phi) is 3.90. The molecule has 0 spiro atoms. The molecule has 0 fully saturated rings. The van der Waals surface area contributed by atoms with Crippen LogP contribution < -0.4 is 4.74 Å². The summed E-state index contributed by atoms with van der Waals surface area (Å²) in [6.07, 6.45) is 2.03. The summed E-state index contributed by atoms with van der Waals surface area (Å²) in [5.74, 6) is 0.861. The Hall–Kier alpha value is -1.81. The molecule has 3 aromatic rings. The van der Waals surface area contributed by atoms with Gasteiger partial charge < -0.3 is 9.14 Å². The van der Waals surface area contributed by atoms with Crippen molar-refractivity contribution in [2.75, 3.05) is 7.11 Å². The predicted octanol–water partition coefficient (Wildman–Crippen LogP) is 3.90. The van der Waals surface area contributed by atoms with E-state index in [0.29, 0.717) is 0 Å². The quantitative estimate of drug-likeness (QED) is 0.716. The number of aryl methyl sites for hydroxylation is 1. The van der Waals surface area contributed by atoms with E-state index in [0.717, 1.165) is 28.3 Å². The maximum Gasteiger partial charge on any atom is 0.137 e. The Morgan fingerprint density at radius 2 is 1.79 bits per heavy atom. The smallest absolute Gasteiger partial charge is 0.137 e. The summed E-state index contributed by atoms with van der Waals surface area (Å²) in [7, 11) is 1.67. The molecule has 0 N–H and O–H groups in total. The standard InChI is InChI=1S/C15H14N2O.BrH/c1-11-15(12-6-8-13(18-2)9-7-12)16-14-5-3-4-10-17(11)14;/h3-10H,1-2H3;1H. The van der Waals surface area contributed by atoms with Crippen LogP contribution in [-0.2, 0) is 0 Å². The molecule has 0 aliphatic rings. The number of fused-ring (bicyclic) bond motifs is 1. The molecule has 0 bridgehead atoms. The van der Waals surface area contributed by atoms with Gasteiger partial charge >= 0.3 is 0 Å². The molecule has 0 amide bonds. The minimum Gasteiger partial charge on any atom is -0.497 e. The number of benzene rings is 1. The number of halogens is 1. The van der Waals surface area contributed by atoms with Crippen LogP contribution in [0.5, 0.6) is 5.75 Å². The highest BCUT2D eigenvalue weighted by Crippen LogP contribution is 2.25. The molecule has 2 heterocycles. The number of methoxy groups -OCH3 is 1. The number of aromatic nitrogens is 2. The molecule has 0 atom stereocenters. The zero-order valence-electron chi connectivity index (χ0n) is 10.8. The summed E-state index contributed by atoms with van der Waals surface area (Å²) in [6, 6.07) is 14.0. The molecule has 0 aliphatic carbocycles. The maximum absolute atomic E-state index is 5.17. The third-order valence-corrected chi connectivity index (χ3v) is 3.13. The number of rotatable bonds is 2. The molecular formula is C15H15BrN2O. The average Bonchev–Trinajstić information content (AvgIpc) is 2.77. The van der Waals surface area contributed by atoms with Crippen LogP contribution in [0.15, 0.2) is 48.7 Å². The second-order valence-electron chi connectivity index (χ2n) is 4.20. The first-order valence-corrected chi connectivity index (χ1v) is 5.88. The van der Waals surface area contributed by atoms with Gasteiger partial charge in [0.15, 0.2) is 0 Å². The van der Waals surface area contributed by atoms with Crippen LogP contribution in [-0.4, -0.2) is 16.5 Å². The lowest BCUT2D eigenvalue weighted by atomic mass is 10.1. The molecule has 0 radical (unpaired) electrons. The van der Waals surface area contributed by atoms with Crippen LogP contribution in [0.25, 0.3) is 16.9 Å². The van der Waals surface area contributed by atoms with E-state index < -0.39 is 0 Å². The fourth-order valence-corrected chi connectivity index (χ4v) is 2.14. The third-order valence-electron chi connectivity index (χ3n) is 3.13. The third kappa shape index (κ3) is 2.36. The van der Waals surface area contributed by atoms with Gasteiger partial charge in [0, 0.05) is 17.5 Å². The van der Waals surface area contributed by atoms with E-state index in [1.165, 1.54) is 0 Å². The lowest BCUT2D eigenvalue weighted by Crippen LogP contribution is -1.86. The van der Waals surface area contributed by atoms with E-state index in [9.17, 15) is 0 Å². The van der Waals surface area contributed by atoms with Crippen LogP contribution in [0, 0.1) is 6.92 Å². The first-order chi connectivity index (χ1) is 8.79. The molecule has 0 saturated heterocycles. The maximum atomic E-state index is 5.17. The van der Waals surface area contributed by atoms with Crippen molar-refractivity contribution in [1.82, 2.24) is 9.38 Å². The van der Waals surface area contributed by atoms with Gasteiger partial charge in [-0.3, -0.25) is 0 Å². The van der Waals surface area contributed by atoms with Crippen molar-refractivity contribution in [2.24, 2.45) is 0 Å². The highest BCUT2D eigenvalue weighted by atomic mass is 79.9. The molecule has 0 saturated carbocycles. The summed E-state index contributed by atoms with van der Waals surface area (Å²) in [5, 5.41) is 0. The highest BCUT2D eigenvalue weighted by molar-refractivity contribution is 8.93. The lowest BCUT2D eigenvalue weighted by molar-refractivity contribution is 0.415. The van der Waals surface area contributed by atoms with Crippen LogP contribution >= 0.6 is 17.0 Å². The Morgan fingerprint density at radius 3 is 2.42 bits per heavy atom. The zero-order valence-corrected chi connectivity index (χ0v) is 12.5. The van der Waals surface area contributed by atoms with Crippen LogP contribution in [0.3, 0.4) is 0 Å². The summed E-state index contributed by atoms with van der Waals surface area (Å²) in [4.78, 5) is 4.66. The molecule has 3 rings (SSSR count). The minimum absolute atomic E-state index is 0. The summed E-state index contributed by atoms with van der Waals surface area (Å²) in [6.45, 7) is 2.08. The normalized spacial score (nSPS) is 10.2. The molecule has 0 unspecified atom stereocenters. The first kappa shape index (κ1) is 13.6. The van der Waals surface area contributed by atoms with Gasteiger partial charge in [-0.1, -0.05) is 6.07 Å². The molecule has 2 aromatic heterocycles. The van der Waals surface area contributed by atoms with E-state index in [4.69, 9.17) is 4.74 Å². The second-order valence-corrected chi connectivity index (χ2v) is 4.20. The van der Waals surface area contributed by atoms with E-state index in [1.54, 1.807) is 7.11 Å². The van der Waals surface area contributed by atoms with Gasteiger partial charge in [-0.05, 0) is 43.3 Å². The number of ether oxygens (including phenoxy) is 1. The number of hydrogen-bond acceptors (Lipinski definition) is 2. The van der Waals surface area contributed by atoms with E-state index in [1.807, 2.05) is 48.7 Å². The van der Waals surface area contributed by atoms with Crippen molar-refractivity contribution in [3.63, 3.8) is 0 Å². The topological polar surface area (TPSA) is 26.5 Å². The van der Waals surface area contributed by atoms with Crippen molar-refractivity contribution < 1.29 is 4.74 Å². The van der Waals surface area contributed by atoms with Gasteiger partial charge in [0.1, 0.15) is 11.4 Å². The number of pyridine rings is 1. The van der Waals surface area contributed by atoms with E-state index >= 15 is 0 Å². The summed E-state index contributed by atoms with van der Waals surface area (Å²) < 4.78 is 7.27. The number of hydrogen-bond donors (Lipinski definition) is 0. The van der Waals surface area contributed by atoms with Gasteiger partial charge in [0.25, 0.3) is 0 Å². The Labute approximate surface area is 122 Å². The van der Waals surface area contributed by atoms with E-state index in [-0.39, 0.29) is 17.0 Å². The number of imidazole rings is 1. The van der Waals surface area contributed by atoms with Crippen molar-refractivity contribution in [3.8, 4) is 17.0 Å². The van der Waals surface area contributed by atoms with Gasteiger partial charge in [-0.15, -0.1) is 17.0 Å². The summed E-state index contributed by atoms with van der Waals surface area (Å²) >= 11 is 0. The van der Waals surface area contributed by atoms with Crippen molar-refractivity contribution >= 4 is 22.6 Å². The molecule has 1 aromatic carbocycles. The van der Waals surface area contributed by atoms with Gasteiger partial charge in [-0.2, -0.15) is 0 Å². The summed E-state index contributed by atoms with van der Waals surface area (Å²) in [5.41, 5.74) is 4.25.